The van der Waals surface area contributed by atoms with Gasteiger partial charge >= 0.3 is 0 Å². The Kier molecular flexibility index (Phi) is 4.75. The maximum atomic E-state index is 13.2. The number of para-hydroxylation sites is 1. The molecule has 1 heterocycles. The number of hydrogen-bond acceptors (Lipinski definition) is 2. The Morgan fingerprint density at radius 1 is 0.815 bits per heavy atom. The predicted molar refractivity (Wildman–Crippen MR) is 107 cm³/mol. The van der Waals surface area contributed by atoms with Crippen LogP contribution in [-0.2, 0) is 4.79 Å². The Balaban J connectivity index is 1.61. The molecule has 134 valence electrons. The van der Waals surface area contributed by atoms with Crippen molar-refractivity contribution in [3.63, 3.8) is 0 Å². The lowest BCUT2D eigenvalue weighted by Gasteiger charge is -2.20. The number of benzene rings is 3. The molecule has 1 N–H and O–H groups in total. The maximum Gasteiger partial charge on any atom is 0.232 e. The van der Waals surface area contributed by atoms with Gasteiger partial charge in [-0.05, 0) is 30.2 Å². The second kappa shape index (κ2) is 7.50. The van der Waals surface area contributed by atoms with E-state index in [2.05, 4.69) is 5.32 Å². The molecule has 0 spiro atoms. The molecule has 0 aliphatic carbocycles. The van der Waals surface area contributed by atoms with Gasteiger partial charge in [0.15, 0.2) is 0 Å². The Hall–Kier alpha value is -3.33. The molecule has 27 heavy (non-hydrogen) atoms. The number of carbonyl (C=O) groups excluding carboxylic acids is 1. The Labute approximate surface area is 158 Å². The maximum absolute atomic E-state index is 13.2. The summed E-state index contributed by atoms with van der Waals surface area (Å²) in [5, 5.41) is 4.16. The van der Waals surface area contributed by atoms with Gasteiger partial charge in [0, 0.05) is 5.39 Å². The minimum atomic E-state index is -0.362. The Morgan fingerprint density at radius 2 is 1.37 bits per heavy atom. The summed E-state index contributed by atoms with van der Waals surface area (Å²) in [5.41, 5.74) is 2.77. The lowest BCUT2D eigenvalue weighted by Crippen LogP contribution is -2.32. The Morgan fingerprint density at radius 3 is 1.96 bits per heavy atom. The molecule has 1 aromatic heterocycles. The van der Waals surface area contributed by atoms with Crippen LogP contribution >= 0.6 is 0 Å². The summed E-state index contributed by atoms with van der Waals surface area (Å²) in [6, 6.07) is 29.3. The van der Waals surface area contributed by atoms with Crippen LogP contribution in [0.25, 0.3) is 11.0 Å². The van der Waals surface area contributed by atoms with E-state index < -0.39 is 0 Å². The van der Waals surface area contributed by atoms with Crippen LogP contribution in [0.2, 0.25) is 0 Å². The summed E-state index contributed by atoms with van der Waals surface area (Å²) in [7, 11) is 0. The van der Waals surface area contributed by atoms with Crippen LogP contribution in [0.3, 0.4) is 0 Å². The fourth-order valence-electron chi connectivity index (χ4n) is 3.37. The van der Waals surface area contributed by atoms with Gasteiger partial charge < -0.3 is 9.73 Å². The fraction of sp³-hybridized carbons (Fsp3) is 0.125. The fourth-order valence-corrected chi connectivity index (χ4v) is 3.37. The number of hydrogen-bond donors (Lipinski definition) is 1. The van der Waals surface area contributed by atoms with E-state index in [0.717, 1.165) is 27.9 Å². The number of nitrogens with one attached hydrogen (secondary N) is 1. The summed E-state index contributed by atoms with van der Waals surface area (Å²) in [5.74, 6) is 0.351. The highest BCUT2D eigenvalue weighted by atomic mass is 16.3. The largest absolute Gasteiger partial charge is 0.459 e. The van der Waals surface area contributed by atoms with E-state index in [4.69, 9.17) is 4.42 Å². The number of carbonyl (C=O) groups is 1. The average Bonchev–Trinajstić information content (AvgIpc) is 3.14. The molecule has 0 fully saturated rings. The van der Waals surface area contributed by atoms with E-state index in [-0.39, 0.29) is 17.9 Å². The second-order valence-electron chi connectivity index (χ2n) is 6.67. The molecule has 0 saturated carbocycles. The normalized spacial score (nSPS) is 12.2. The van der Waals surface area contributed by atoms with Gasteiger partial charge in [-0.25, -0.2) is 0 Å². The number of amides is 1. The van der Waals surface area contributed by atoms with E-state index >= 15 is 0 Å². The van der Waals surface area contributed by atoms with Crippen LogP contribution in [0.1, 0.15) is 35.8 Å². The van der Waals surface area contributed by atoms with Gasteiger partial charge in [-0.3, -0.25) is 4.79 Å². The van der Waals surface area contributed by atoms with Gasteiger partial charge in [0.2, 0.25) is 5.91 Å². The van der Waals surface area contributed by atoms with Crippen molar-refractivity contribution in [2.45, 2.75) is 18.9 Å². The molecule has 1 amide bonds. The molecule has 0 aliphatic heterocycles. The third kappa shape index (κ3) is 3.63. The van der Waals surface area contributed by atoms with Crippen LogP contribution in [0.15, 0.2) is 95.4 Å². The zero-order valence-electron chi connectivity index (χ0n) is 15.1. The summed E-state index contributed by atoms with van der Waals surface area (Å²) in [6.07, 6.45) is 0. The lowest BCUT2D eigenvalue weighted by atomic mass is 9.90. The third-order valence-electron chi connectivity index (χ3n) is 4.76. The molecular weight excluding hydrogens is 334 g/mol. The zero-order valence-corrected chi connectivity index (χ0v) is 15.1. The van der Waals surface area contributed by atoms with Crippen molar-refractivity contribution < 1.29 is 9.21 Å². The molecule has 1 atom stereocenters. The van der Waals surface area contributed by atoms with Crippen LogP contribution in [0.5, 0.6) is 0 Å². The minimum absolute atomic E-state index is 0.0413. The molecule has 3 nitrogen and oxygen atoms in total. The first-order valence-corrected chi connectivity index (χ1v) is 9.11. The molecule has 0 unspecified atom stereocenters. The van der Waals surface area contributed by atoms with Crippen molar-refractivity contribution in [2.24, 2.45) is 0 Å². The zero-order chi connectivity index (χ0) is 18.6. The highest BCUT2D eigenvalue weighted by molar-refractivity contribution is 5.87. The van der Waals surface area contributed by atoms with Crippen molar-refractivity contribution in [1.29, 1.82) is 0 Å². The quantitative estimate of drug-likeness (QED) is 0.518. The second-order valence-corrected chi connectivity index (χ2v) is 6.67. The minimum Gasteiger partial charge on any atom is -0.459 e. The number of rotatable bonds is 5. The summed E-state index contributed by atoms with van der Waals surface area (Å²) in [4.78, 5) is 13.2. The van der Waals surface area contributed by atoms with Gasteiger partial charge in [0.05, 0.1) is 12.0 Å². The molecule has 0 aliphatic rings. The van der Waals surface area contributed by atoms with Gasteiger partial charge in [0.25, 0.3) is 0 Å². The SMILES string of the molecule is C[C@@H](NC(=O)C(c1ccccc1)c1ccccc1)c1cc2ccccc2o1. The van der Waals surface area contributed by atoms with Crippen molar-refractivity contribution in [3.05, 3.63) is 108 Å². The van der Waals surface area contributed by atoms with Gasteiger partial charge in [-0.2, -0.15) is 0 Å². The highest BCUT2D eigenvalue weighted by Crippen LogP contribution is 2.28. The first-order valence-electron chi connectivity index (χ1n) is 9.11. The first-order chi connectivity index (χ1) is 13.2. The van der Waals surface area contributed by atoms with Gasteiger partial charge in [0.1, 0.15) is 11.3 Å². The van der Waals surface area contributed by atoms with Crippen molar-refractivity contribution in [2.75, 3.05) is 0 Å². The smallest absolute Gasteiger partial charge is 0.232 e. The van der Waals surface area contributed by atoms with Crippen LogP contribution < -0.4 is 5.32 Å². The van der Waals surface area contributed by atoms with Crippen molar-refractivity contribution in [1.82, 2.24) is 5.32 Å². The number of fused-ring (bicyclic) bond motifs is 1. The predicted octanol–water partition coefficient (Wildman–Crippen LogP) is 5.44. The Bertz CT molecular complexity index is 965. The van der Waals surface area contributed by atoms with Crippen LogP contribution in [-0.4, -0.2) is 5.91 Å². The topological polar surface area (TPSA) is 42.2 Å². The summed E-state index contributed by atoms with van der Waals surface area (Å²) >= 11 is 0. The first kappa shape index (κ1) is 17.1. The van der Waals surface area contributed by atoms with Crippen molar-refractivity contribution in [3.8, 4) is 0 Å². The van der Waals surface area contributed by atoms with Gasteiger partial charge in [-0.1, -0.05) is 78.9 Å². The number of furan rings is 1. The van der Waals surface area contributed by atoms with E-state index in [1.165, 1.54) is 0 Å². The van der Waals surface area contributed by atoms with Crippen LogP contribution in [0, 0.1) is 0 Å². The van der Waals surface area contributed by atoms with Crippen LogP contribution in [0.4, 0.5) is 0 Å². The lowest BCUT2D eigenvalue weighted by molar-refractivity contribution is -0.122. The monoisotopic (exact) mass is 355 g/mol. The molecule has 3 heteroatoms. The van der Waals surface area contributed by atoms with Gasteiger partial charge in [-0.15, -0.1) is 0 Å². The highest BCUT2D eigenvalue weighted by Gasteiger charge is 2.25. The van der Waals surface area contributed by atoms with Crippen molar-refractivity contribution >= 4 is 16.9 Å². The average molecular weight is 355 g/mol. The molecule has 0 bridgehead atoms. The van der Waals surface area contributed by atoms with E-state index in [9.17, 15) is 4.79 Å². The standard InChI is InChI=1S/C24H21NO2/c1-17(22-16-20-14-8-9-15-21(20)27-22)25-24(26)23(18-10-4-2-5-11-18)19-12-6-3-7-13-19/h2-17,23H,1H3,(H,25,26)/t17-/m1/s1. The summed E-state index contributed by atoms with van der Waals surface area (Å²) in [6.45, 7) is 1.95. The third-order valence-corrected chi connectivity index (χ3v) is 4.76. The van der Waals surface area contributed by atoms with E-state index in [1.54, 1.807) is 0 Å². The molecule has 4 aromatic rings. The molecule has 0 saturated heterocycles. The van der Waals surface area contributed by atoms with E-state index in [0.29, 0.717) is 0 Å². The molecule has 0 radical (unpaired) electrons. The molecular formula is C24H21NO2. The van der Waals surface area contributed by atoms with E-state index in [1.807, 2.05) is 97.9 Å². The molecule has 3 aromatic carbocycles. The summed E-state index contributed by atoms with van der Waals surface area (Å²) < 4.78 is 5.91. The molecule has 4 rings (SSSR count).